The van der Waals surface area contributed by atoms with Gasteiger partial charge in [-0.2, -0.15) is 11.1 Å². The lowest BCUT2D eigenvalue weighted by molar-refractivity contribution is -0.137. The Morgan fingerprint density at radius 2 is 0.767 bits per heavy atom. The van der Waals surface area contributed by atoms with Crippen LogP contribution in [0.3, 0.4) is 0 Å². The Labute approximate surface area is 194 Å². The molecule has 2 nitrogen and oxygen atoms in total. The van der Waals surface area contributed by atoms with E-state index in [1.54, 1.807) is 0 Å². The SMILES string of the molecule is C[Si](C)(Cl)CCCCCCCCCCCCCCCCCCCCCCCC(=O)O. The molecule has 0 atom stereocenters. The van der Waals surface area contributed by atoms with Gasteiger partial charge in [-0.25, -0.2) is 0 Å². The van der Waals surface area contributed by atoms with Gasteiger partial charge in [-0.05, 0) is 12.5 Å². The van der Waals surface area contributed by atoms with Gasteiger partial charge in [0.05, 0.1) is 0 Å². The minimum Gasteiger partial charge on any atom is -0.481 e. The highest BCUT2D eigenvalue weighted by molar-refractivity contribution is 7.19. The molecule has 0 aliphatic heterocycles. The summed E-state index contributed by atoms with van der Waals surface area (Å²) in [5, 5.41) is 8.59. The molecule has 30 heavy (non-hydrogen) atoms. The number of carboxylic acid groups (broad SMARTS) is 1. The Bertz CT molecular complexity index is 369. The zero-order valence-electron chi connectivity index (χ0n) is 20.5. The van der Waals surface area contributed by atoms with Gasteiger partial charge in [0, 0.05) is 6.42 Å². The monoisotopic (exact) mass is 460 g/mol. The van der Waals surface area contributed by atoms with E-state index < -0.39 is 13.4 Å². The molecule has 0 fully saturated rings. The Balaban J connectivity index is 3.04. The normalized spacial score (nSPS) is 11.8. The second-order valence-electron chi connectivity index (χ2n) is 10.0. The van der Waals surface area contributed by atoms with E-state index in [9.17, 15) is 4.79 Å². The summed E-state index contributed by atoms with van der Waals surface area (Å²) in [4.78, 5) is 10.4. The average Bonchev–Trinajstić information content (AvgIpc) is 2.67. The van der Waals surface area contributed by atoms with Gasteiger partial charge in [0.2, 0.25) is 0 Å². The molecule has 0 spiro atoms. The van der Waals surface area contributed by atoms with Gasteiger partial charge >= 0.3 is 5.97 Å². The van der Waals surface area contributed by atoms with E-state index in [0.29, 0.717) is 6.42 Å². The predicted octanol–water partition coefficient (Wildman–Crippen LogP) is 10.1. The molecular weight excluding hydrogens is 408 g/mol. The smallest absolute Gasteiger partial charge is 0.303 e. The molecule has 0 saturated heterocycles. The third kappa shape index (κ3) is 28.0. The third-order valence-corrected chi connectivity index (χ3v) is 8.27. The van der Waals surface area contributed by atoms with Gasteiger partial charge in [0.1, 0.15) is 7.38 Å². The van der Waals surface area contributed by atoms with Crippen molar-refractivity contribution in [1.29, 1.82) is 0 Å². The highest BCUT2D eigenvalue weighted by Gasteiger charge is 2.15. The molecule has 0 aliphatic rings. The number of rotatable bonds is 24. The minimum atomic E-state index is -1.32. The summed E-state index contributed by atoms with van der Waals surface area (Å²) < 4.78 is 0. The maximum Gasteiger partial charge on any atom is 0.303 e. The molecule has 1 N–H and O–H groups in total. The van der Waals surface area contributed by atoms with Crippen molar-refractivity contribution >= 4 is 24.4 Å². The van der Waals surface area contributed by atoms with Crippen LogP contribution in [0.2, 0.25) is 19.1 Å². The Hall–Kier alpha value is -0.0231. The van der Waals surface area contributed by atoms with Crippen LogP contribution < -0.4 is 0 Å². The van der Waals surface area contributed by atoms with Crippen molar-refractivity contribution in [3.05, 3.63) is 0 Å². The van der Waals surface area contributed by atoms with Crippen molar-refractivity contribution in [3.63, 3.8) is 0 Å². The summed E-state index contributed by atoms with van der Waals surface area (Å²) in [5.74, 6) is -0.652. The van der Waals surface area contributed by atoms with E-state index in [0.717, 1.165) is 12.8 Å². The molecule has 4 heteroatoms. The molecule has 0 aromatic rings. The van der Waals surface area contributed by atoms with Gasteiger partial charge in [-0.1, -0.05) is 142 Å². The van der Waals surface area contributed by atoms with Crippen molar-refractivity contribution in [2.45, 2.75) is 160 Å². The first kappa shape index (κ1) is 30.0. The van der Waals surface area contributed by atoms with Crippen LogP contribution in [0.15, 0.2) is 0 Å². The molecule has 0 aromatic heterocycles. The average molecular weight is 461 g/mol. The minimum absolute atomic E-state index is 0.343. The highest BCUT2D eigenvalue weighted by Crippen LogP contribution is 2.19. The summed E-state index contributed by atoms with van der Waals surface area (Å²) in [5.41, 5.74) is 0. The first-order valence-electron chi connectivity index (χ1n) is 13.3. The van der Waals surface area contributed by atoms with Crippen LogP contribution in [0.5, 0.6) is 0 Å². The molecule has 0 aromatic carbocycles. The van der Waals surface area contributed by atoms with E-state index >= 15 is 0 Å². The molecular formula is C26H53ClO2Si. The third-order valence-electron chi connectivity index (χ3n) is 6.16. The predicted molar refractivity (Wildman–Crippen MR) is 137 cm³/mol. The molecule has 0 bridgehead atoms. The fourth-order valence-electron chi connectivity index (χ4n) is 4.18. The highest BCUT2D eigenvalue weighted by atomic mass is 35.6. The first-order chi connectivity index (χ1) is 14.4. The van der Waals surface area contributed by atoms with Crippen molar-refractivity contribution in [1.82, 2.24) is 0 Å². The van der Waals surface area contributed by atoms with Gasteiger partial charge in [-0.15, -0.1) is 0 Å². The summed E-state index contributed by atoms with van der Waals surface area (Å²) in [6.45, 7) is 4.52. The number of carboxylic acids is 1. The molecule has 0 heterocycles. The second kappa shape index (κ2) is 22.2. The molecule has 0 saturated carbocycles. The standard InChI is InChI=1S/C26H53ClO2Si/c1-30(2,27)25-23-21-19-17-15-13-11-9-7-5-3-4-6-8-10-12-14-16-18-20-22-24-26(28)29/h3-25H2,1-2H3,(H,28,29). The van der Waals surface area contributed by atoms with Crippen molar-refractivity contribution in [3.8, 4) is 0 Å². The molecule has 0 amide bonds. The van der Waals surface area contributed by atoms with Crippen molar-refractivity contribution in [2.75, 3.05) is 0 Å². The van der Waals surface area contributed by atoms with Crippen LogP contribution in [-0.4, -0.2) is 18.5 Å². The van der Waals surface area contributed by atoms with Crippen LogP contribution >= 0.6 is 11.1 Å². The topological polar surface area (TPSA) is 37.3 Å². The van der Waals surface area contributed by atoms with Crippen LogP contribution in [0.4, 0.5) is 0 Å². The summed E-state index contributed by atoms with van der Waals surface area (Å²) in [7, 11) is -1.32. The number of halogens is 1. The van der Waals surface area contributed by atoms with Gasteiger partial charge in [-0.3, -0.25) is 4.79 Å². The Morgan fingerprint density at radius 1 is 0.533 bits per heavy atom. The van der Waals surface area contributed by atoms with Gasteiger partial charge < -0.3 is 5.11 Å². The van der Waals surface area contributed by atoms with Crippen LogP contribution in [0.25, 0.3) is 0 Å². The maximum atomic E-state index is 10.4. The van der Waals surface area contributed by atoms with E-state index in [4.69, 9.17) is 16.2 Å². The van der Waals surface area contributed by atoms with Crippen molar-refractivity contribution in [2.24, 2.45) is 0 Å². The quantitative estimate of drug-likeness (QED) is 0.0882. The lowest BCUT2D eigenvalue weighted by atomic mass is 10.0. The zero-order valence-corrected chi connectivity index (χ0v) is 22.3. The van der Waals surface area contributed by atoms with E-state index in [1.807, 2.05) is 0 Å². The fraction of sp³-hybridized carbons (Fsp3) is 0.962. The van der Waals surface area contributed by atoms with Gasteiger partial charge in [0.15, 0.2) is 0 Å². The first-order valence-corrected chi connectivity index (χ1v) is 17.5. The number of hydrogen-bond acceptors (Lipinski definition) is 1. The largest absolute Gasteiger partial charge is 0.481 e. The van der Waals surface area contributed by atoms with E-state index in [2.05, 4.69) is 13.1 Å². The lowest BCUT2D eigenvalue weighted by Crippen LogP contribution is -2.14. The second-order valence-corrected chi connectivity index (χ2v) is 17.0. The summed E-state index contributed by atoms with van der Waals surface area (Å²) in [6.07, 6.45) is 28.8. The number of carbonyl (C=O) groups is 1. The zero-order chi connectivity index (χ0) is 22.3. The molecule has 0 aliphatic carbocycles. The van der Waals surface area contributed by atoms with Crippen molar-refractivity contribution < 1.29 is 9.90 Å². The Morgan fingerprint density at radius 3 is 1.00 bits per heavy atom. The number of hydrogen-bond donors (Lipinski definition) is 1. The fourth-order valence-corrected chi connectivity index (χ4v) is 5.67. The van der Waals surface area contributed by atoms with Crippen LogP contribution in [0.1, 0.15) is 141 Å². The Kier molecular flexibility index (Phi) is 22.2. The van der Waals surface area contributed by atoms with Gasteiger partial charge in [0.25, 0.3) is 0 Å². The maximum absolute atomic E-state index is 10.4. The van der Waals surface area contributed by atoms with Crippen LogP contribution in [-0.2, 0) is 4.79 Å². The van der Waals surface area contributed by atoms with E-state index in [-0.39, 0.29) is 0 Å². The summed E-state index contributed by atoms with van der Waals surface area (Å²) in [6, 6.07) is 1.28. The lowest BCUT2D eigenvalue weighted by Gasteiger charge is -2.11. The molecule has 0 unspecified atom stereocenters. The summed E-state index contributed by atoms with van der Waals surface area (Å²) >= 11 is 6.36. The van der Waals surface area contributed by atoms with E-state index in [1.165, 1.54) is 128 Å². The van der Waals surface area contributed by atoms with Crippen LogP contribution in [0, 0.1) is 0 Å². The number of aliphatic carboxylic acids is 1. The molecule has 180 valence electrons. The number of unbranched alkanes of at least 4 members (excludes halogenated alkanes) is 20. The molecule has 0 radical (unpaired) electrons. The molecule has 0 rings (SSSR count).